The van der Waals surface area contributed by atoms with Crippen LogP contribution in [0.4, 0.5) is 0 Å². The summed E-state index contributed by atoms with van der Waals surface area (Å²) in [5, 5.41) is 2.99. The molecule has 4 rings (SSSR count). The maximum Gasteiger partial charge on any atom is 0.252 e. The average Bonchev–Trinajstić information content (AvgIpc) is 3.28. The number of carbonyl (C=O) groups is 1. The van der Waals surface area contributed by atoms with E-state index in [0.29, 0.717) is 5.82 Å². The molecule has 8 heteroatoms. The van der Waals surface area contributed by atoms with Crippen LogP contribution in [-0.2, 0) is 23.6 Å². The predicted molar refractivity (Wildman–Crippen MR) is 126 cm³/mol. The summed E-state index contributed by atoms with van der Waals surface area (Å²) >= 11 is 0. The first-order valence-electron chi connectivity index (χ1n) is 10.4. The third-order valence-corrected chi connectivity index (χ3v) is 6.64. The largest absolute Gasteiger partial charge is 0.338 e. The second kappa shape index (κ2) is 9.81. The lowest BCUT2D eigenvalue weighted by Crippen LogP contribution is -2.31. The lowest BCUT2D eigenvalue weighted by Gasteiger charge is -2.19. The molecule has 0 fully saturated rings. The molecule has 0 aliphatic rings. The molecule has 1 unspecified atom stereocenters. The maximum absolute atomic E-state index is 13.1. The molecule has 1 amide bonds. The second-order valence-corrected chi connectivity index (χ2v) is 9.32. The van der Waals surface area contributed by atoms with Gasteiger partial charge < -0.3 is 9.88 Å². The Hall–Kier alpha value is -3.75. The fourth-order valence-electron chi connectivity index (χ4n) is 3.47. The van der Waals surface area contributed by atoms with Crippen molar-refractivity contribution in [2.24, 2.45) is 7.05 Å². The predicted octanol–water partition coefficient (Wildman–Crippen LogP) is 3.42. The Bertz CT molecular complexity index is 1340. The zero-order chi connectivity index (χ0) is 23.3. The van der Waals surface area contributed by atoms with Crippen molar-refractivity contribution < 1.29 is 13.2 Å². The molecule has 1 aromatic heterocycles. The lowest BCUT2D eigenvalue weighted by molar-refractivity contribution is 0.0941. The van der Waals surface area contributed by atoms with Crippen LogP contribution in [0.3, 0.4) is 0 Å². The van der Waals surface area contributed by atoms with Gasteiger partial charge in [0.1, 0.15) is 11.9 Å². The monoisotopic (exact) mass is 460 g/mol. The van der Waals surface area contributed by atoms with E-state index < -0.39 is 22.0 Å². The summed E-state index contributed by atoms with van der Waals surface area (Å²) < 4.78 is 30.0. The first-order chi connectivity index (χ1) is 15.9. The Morgan fingerprint density at radius 2 is 1.67 bits per heavy atom. The number of sulfonamides is 1. The molecule has 0 radical (unpaired) electrons. The highest BCUT2D eigenvalue weighted by Crippen LogP contribution is 2.21. The van der Waals surface area contributed by atoms with Crippen LogP contribution in [0.25, 0.3) is 0 Å². The number of nitrogens with zero attached hydrogens (tertiary/aromatic N) is 2. The van der Waals surface area contributed by atoms with Gasteiger partial charge in [0.15, 0.2) is 0 Å². The van der Waals surface area contributed by atoms with Crippen LogP contribution < -0.4 is 10.0 Å². The quantitative estimate of drug-likeness (QED) is 0.421. The second-order valence-electron chi connectivity index (χ2n) is 7.55. The Labute approximate surface area is 193 Å². The summed E-state index contributed by atoms with van der Waals surface area (Å²) in [4.78, 5) is 17.5. The van der Waals surface area contributed by atoms with Gasteiger partial charge in [0.25, 0.3) is 5.91 Å². The van der Waals surface area contributed by atoms with Gasteiger partial charge in [0, 0.05) is 31.5 Å². The molecule has 33 heavy (non-hydrogen) atoms. The molecule has 0 spiro atoms. The molecular weight excluding hydrogens is 436 g/mol. The standard InChI is InChI=1S/C25H24N4O3S/c1-29-16-15-26-24(29)23(20-11-6-3-7-12-20)28-25(30)21-13-8-14-22(17-21)33(31,32)27-18-19-9-4-2-5-10-19/h2-17,23,27H,18H2,1H3,(H,28,30). The first-order valence-corrected chi connectivity index (χ1v) is 11.9. The number of benzene rings is 3. The van der Waals surface area contributed by atoms with Gasteiger partial charge in [0.05, 0.1) is 4.90 Å². The minimum Gasteiger partial charge on any atom is -0.338 e. The molecule has 168 valence electrons. The van der Waals surface area contributed by atoms with Crippen molar-refractivity contribution in [3.05, 3.63) is 120 Å². The average molecular weight is 461 g/mol. The molecule has 2 N–H and O–H groups in total. The van der Waals surface area contributed by atoms with Crippen molar-refractivity contribution in [1.29, 1.82) is 0 Å². The number of aromatic nitrogens is 2. The Balaban J connectivity index is 1.56. The van der Waals surface area contributed by atoms with Crippen LogP contribution in [0.5, 0.6) is 0 Å². The highest BCUT2D eigenvalue weighted by molar-refractivity contribution is 7.89. The molecule has 0 saturated heterocycles. The van der Waals surface area contributed by atoms with Gasteiger partial charge >= 0.3 is 0 Å². The van der Waals surface area contributed by atoms with E-state index >= 15 is 0 Å². The van der Waals surface area contributed by atoms with E-state index in [1.807, 2.05) is 78.5 Å². The van der Waals surface area contributed by atoms with Crippen LogP contribution in [-0.4, -0.2) is 23.9 Å². The molecule has 0 saturated carbocycles. The first kappa shape index (κ1) is 22.4. The minimum absolute atomic E-state index is 0.0272. The van der Waals surface area contributed by atoms with Crippen LogP contribution in [0, 0.1) is 0 Å². The van der Waals surface area contributed by atoms with E-state index in [4.69, 9.17) is 0 Å². The Kier molecular flexibility index (Phi) is 6.67. The number of hydrogen-bond acceptors (Lipinski definition) is 4. The third kappa shape index (κ3) is 5.36. The number of hydrogen-bond donors (Lipinski definition) is 2. The van der Waals surface area contributed by atoms with Crippen LogP contribution in [0.1, 0.15) is 33.4 Å². The van der Waals surface area contributed by atoms with Crippen molar-refractivity contribution in [1.82, 2.24) is 19.6 Å². The number of imidazole rings is 1. The van der Waals surface area contributed by atoms with Crippen molar-refractivity contribution in [2.45, 2.75) is 17.5 Å². The molecule has 0 aliphatic heterocycles. The molecule has 1 atom stereocenters. The van der Waals surface area contributed by atoms with Gasteiger partial charge in [-0.1, -0.05) is 66.7 Å². The Morgan fingerprint density at radius 3 is 2.33 bits per heavy atom. The summed E-state index contributed by atoms with van der Waals surface area (Å²) in [6.45, 7) is 0.162. The van der Waals surface area contributed by atoms with E-state index in [-0.39, 0.29) is 17.0 Å². The zero-order valence-electron chi connectivity index (χ0n) is 18.0. The molecule has 0 aliphatic carbocycles. The number of rotatable bonds is 8. The summed E-state index contributed by atoms with van der Waals surface area (Å²) in [7, 11) is -1.93. The molecule has 0 bridgehead atoms. The molecule has 1 heterocycles. The Morgan fingerprint density at radius 1 is 0.970 bits per heavy atom. The van der Waals surface area contributed by atoms with Crippen molar-refractivity contribution in [3.63, 3.8) is 0 Å². The van der Waals surface area contributed by atoms with Gasteiger partial charge in [-0.15, -0.1) is 0 Å². The maximum atomic E-state index is 13.1. The number of aryl methyl sites for hydroxylation is 1. The molecule has 7 nitrogen and oxygen atoms in total. The summed E-state index contributed by atoms with van der Waals surface area (Å²) in [5.41, 5.74) is 1.96. The van der Waals surface area contributed by atoms with Gasteiger partial charge in [0.2, 0.25) is 10.0 Å². The van der Waals surface area contributed by atoms with Crippen LogP contribution in [0.15, 0.2) is 102 Å². The number of carbonyl (C=O) groups excluding carboxylic acids is 1. The highest BCUT2D eigenvalue weighted by Gasteiger charge is 2.22. The SMILES string of the molecule is Cn1ccnc1C(NC(=O)c1cccc(S(=O)(=O)NCc2ccccc2)c1)c1ccccc1. The van der Waals surface area contributed by atoms with E-state index in [1.54, 1.807) is 18.3 Å². The van der Waals surface area contributed by atoms with Crippen molar-refractivity contribution in [2.75, 3.05) is 0 Å². The summed E-state index contributed by atoms with van der Waals surface area (Å²) in [6, 6.07) is 24.3. The number of amides is 1. The highest BCUT2D eigenvalue weighted by atomic mass is 32.2. The fraction of sp³-hybridized carbons (Fsp3) is 0.120. The van der Waals surface area contributed by atoms with Gasteiger partial charge in [-0.25, -0.2) is 18.1 Å². The van der Waals surface area contributed by atoms with Gasteiger partial charge in [-0.2, -0.15) is 0 Å². The van der Waals surface area contributed by atoms with Gasteiger partial charge in [-0.05, 0) is 29.3 Å². The minimum atomic E-state index is -3.79. The molecular formula is C25H24N4O3S. The normalized spacial score (nSPS) is 12.3. The fourth-order valence-corrected chi connectivity index (χ4v) is 4.54. The smallest absolute Gasteiger partial charge is 0.252 e. The van der Waals surface area contributed by atoms with E-state index in [0.717, 1.165) is 11.1 Å². The van der Waals surface area contributed by atoms with Crippen molar-refractivity contribution in [3.8, 4) is 0 Å². The summed E-state index contributed by atoms with van der Waals surface area (Å²) in [6.07, 6.45) is 3.48. The molecule has 3 aromatic carbocycles. The topological polar surface area (TPSA) is 93.1 Å². The zero-order valence-corrected chi connectivity index (χ0v) is 18.9. The van der Waals surface area contributed by atoms with E-state index in [9.17, 15) is 13.2 Å². The molecule has 4 aromatic rings. The van der Waals surface area contributed by atoms with Crippen molar-refractivity contribution >= 4 is 15.9 Å². The lowest BCUT2D eigenvalue weighted by atomic mass is 10.1. The van der Waals surface area contributed by atoms with Gasteiger partial charge in [-0.3, -0.25) is 4.79 Å². The van der Waals surface area contributed by atoms with Crippen LogP contribution in [0.2, 0.25) is 0 Å². The van der Waals surface area contributed by atoms with Crippen LogP contribution >= 0.6 is 0 Å². The third-order valence-electron chi connectivity index (χ3n) is 5.24. The van der Waals surface area contributed by atoms with E-state index in [2.05, 4.69) is 15.0 Å². The van der Waals surface area contributed by atoms with E-state index in [1.165, 1.54) is 12.1 Å². The summed E-state index contributed by atoms with van der Waals surface area (Å²) in [5.74, 6) is 0.273. The number of nitrogens with one attached hydrogen (secondary N) is 2.